The van der Waals surface area contributed by atoms with Gasteiger partial charge in [-0.3, -0.25) is 9.48 Å². The lowest BCUT2D eigenvalue weighted by molar-refractivity contribution is 0.102. The van der Waals surface area contributed by atoms with Crippen molar-refractivity contribution in [1.82, 2.24) is 9.78 Å². The van der Waals surface area contributed by atoms with Crippen molar-refractivity contribution < 1.29 is 17.9 Å². The molecule has 7 nitrogen and oxygen atoms in total. The number of anilines is 1. The highest BCUT2D eigenvalue weighted by molar-refractivity contribution is 7.91. The van der Waals surface area contributed by atoms with Crippen LogP contribution in [0.5, 0.6) is 5.75 Å². The highest BCUT2D eigenvalue weighted by Gasteiger charge is 2.34. The molecule has 150 valence electrons. The van der Waals surface area contributed by atoms with Crippen LogP contribution >= 0.6 is 11.6 Å². The third kappa shape index (κ3) is 3.63. The van der Waals surface area contributed by atoms with E-state index in [4.69, 9.17) is 16.3 Å². The minimum absolute atomic E-state index is 0.0876. The summed E-state index contributed by atoms with van der Waals surface area (Å²) in [5, 5.41) is 7.91. The molecule has 1 fully saturated rings. The number of carbonyl (C=O) groups is 1. The van der Waals surface area contributed by atoms with Crippen molar-refractivity contribution in [3.05, 3.63) is 40.2 Å². The summed E-state index contributed by atoms with van der Waals surface area (Å²) in [6.07, 6.45) is 4.13. The van der Waals surface area contributed by atoms with Crippen LogP contribution < -0.4 is 10.1 Å². The van der Waals surface area contributed by atoms with E-state index in [0.29, 0.717) is 28.6 Å². The topological polar surface area (TPSA) is 90.3 Å². The van der Waals surface area contributed by atoms with Gasteiger partial charge in [0.25, 0.3) is 5.91 Å². The molecule has 28 heavy (non-hydrogen) atoms. The number of sulfone groups is 1. The second-order valence-corrected chi connectivity index (χ2v) is 9.95. The van der Waals surface area contributed by atoms with Gasteiger partial charge in [0.2, 0.25) is 0 Å². The minimum atomic E-state index is -3.04. The van der Waals surface area contributed by atoms with Gasteiger partial charge < -0.3 is 10.1 Å². The molecule has 1 aromatic heterocycles. The zero-order chi connectivity index (χ0) is 19.9. The monoisotopic (exact) mass is 423 g/mol. The maximum atomic E-state index is 13.0. The van der Waals surface area contributed by atoms with E-state index in [1.54, 1.807) is 22.9 Å². The number of hydrogen-bond acceptors (Lipinski definition) is 5. The molecular weight excluding hydrogens is 402 g/mol. The summed E-state index contributed by atoms with van der Waals surface area (Å²) in [5.74, 6) is 0.434. The average molecular weight is 424 g/mol. The number of methoxy groups -OCH3 is 1. The summed E-state index contributed by atoms with van der Waals surface area (Å²) in [6, 6.07) is 4.81. The molecule has 1 atom stereocenters. The number of ether oxygens (including phenoxy) is 1. The number of amides is 1. The van der Waals surface area contributed by atoms with E-state index < -0.39 is 9.84 Å². The maximum Gasteiger partial charge on any atom is 0.276 e. The largest absolute Gasteiger partial charge is 0.495 e. The first-order chi connectivity index (χ1) is 13.4. The van der Waals surface area contributed by atoms with Gasteiger partial charge in [-0.2, -0.15) is 5.10 Å². The molecule has 0 radical (unpaired) electrons. The Kier molecular flexibility index (Phi) is 5.09. The Balaban J connectivity index is 1.68. The molecular formula is C19H22ClN3O4S. The SMILES string of the molecule is COc1ccc(Cl)cc1NC(=O)c1nn([C@H]2CCS(=O)(=O)C2)c2c1CCCC2. The molecule has 1 aliphatic carbocycles. The van der Waals surface area contributed by atoms with Crippen LogP contribution in [0.2, 0.25) is 5.02 Å². The number of hydrogen-bond donors (Lipinski definition) is 1. The number of aromatic nitrogens is 2. The van der Waals surface area contributed by atoms with E-state index in [2.05, 4.69) is 10.4 Å². The summed E-state index contributed by atoms with van der Waals surface area (Å²) in [6.45, 7) is 0. The smallest absolute Gasteiger partial charge is 0.276 e. The summed E-state index contributed by atoms with van der Waals surface area (Å²) in [5.41, 5.74) is 2.76. The Morgan fingerprint density at radius 3 is 2.82 bits per heavy atom. The molecule has 1 saturated heterocycles. The van der Waals surface area contributed by atoms with E-state index in [0.717, 1.165) is 36.9 Å². The molecule has 1 aliphatic heterocycles. The summed E-state index contributed by atoms with van der Waals surface area (Å²) in [4.78, 5) is 13.0. The van der Waals surface area contributed by atoms with Gasteiger partial charge in [-0.1, -0.05) is 11.6 Å². The normalized spacial score (nSPS) is 20.6. The Labute approximate surface area is 168 Å². The maximum absolute atomic E-state index is 13.0. The van der Waals surface area contributed by atoms with E-state index in [1.807, 2.05) is 0 Å². The molecule has 2 aliphatic rings. The first-order valence-corrected chi connectivity index (χ1v) is 11.5. The van der Waals surface area contributed by atoms with E-state index in [9.17, 15) is 13.2 Å². The van der Waals surface area contributed by atoms with Gasteiger partial charge in [0.1, 0.15) is 5.75 Å². The van der Waals surface area contributed by atoms with Gasteiger partial charge in [0, 0.05) is 16.3 Å². The van der Waals surface area contributed by atoms with Crippen LogP contribution in [0.3, 0.4) is 0 Å². The number of nitrogens with zero attached hydrogens (tertiary/aromatic N) is 2. The second-order valence-electron chi connectivity index (χ2n) is 7.28. The zero-order valence-corrected chi connectivity index (χ0v) is 17.1. The molecule has 1 amide bonds. The quantitative estimate of drug-likeness (QED) is 0.816. The lowest BCUT2D eigenvalue weighted by atomic mass is 9.95. The fourth-order valence-corrected chi connectivity index (χ4v) is 5.90. The average Bonchev–Trinajstić information content (AvgIpc) is 3.22. The summed E-state index contributed by atoms with van der Waals surface area (Å²) in [7, 11) is -1.51. The second kappa shape index (κ2) is 7.40. The van der Waals surface area contributed by atoms with E-state index in [1.165, 1.54) is 7.11 Å². The Bertz CT molecular complexity index is 1030. The van der Waals surface area contributed by atoms with Crippen molar-refractivity contribution in [1.29, 1.82) is 0 Å². The van der Waals surface area contributed by atoms with E-state index >= 15 is 0 Å². The van der Waals surface area contributed by atoms with Crippen LogP contribution in [0.15, 0.2) is 18.2 Å². The number of nitrogens with one attached hydrogen (secondary N) is 1. The Morgan fingerprint density at radius 1 is 1.32 bits per heavy atom. The molecule has 9 heteroatoms. The van der Waals surface area contributed by atoms with Gasteiger partial charge in [-0.15, -0.1) is 0 Å². The van der Waals surface area contributed by atoms with Gasteiger partial charge >= 0.3 is 0 Å². The first-order valence-electron chi connectivity index (χ1n) is 9.33. The molecule has 1 N–H and O–H groups in total. The van der Waals surface area contributed by atoms with Crippen molar-refractivity contribution in [2.24, 2.45) is 0 Å². The van der Waals surface area contributed by atoms with Crippen molar-refractivity contribution in [3.63, 3.8) is 0 Å². The fraction of sp³-hybridized carbons (Fsp3) is 0.474. The molecule has 0 unspecified atom stereocenters. The minimum Gasteiger partial charge on any atom is -0.495 e. The van der Waals surface area contributed by atoms with Gasteiger partial charge in [-0.05, 0) is 50.3 Å². The van der Waals surface area contributed by atoms with Crippen LogP contribution in [0.25, 0.3) is 0 Å². The summed E-state index contributed by atoms with van der Waals surface area (Å²) >= 11 is 6.05. The number of rotatable bonds is 4. The van der Waals surface area contributed by atoms with Crippen LogP contribution in [-0.4, -0.2) is 42.7 Å². The standard InChI is InChI=1S/C19H22ClN3O4S/c1-27-17-7-6-12(20)10-15(17)21-19(24)18-14-4-2-3-5-16(14)23(22-18)13-8-9-28(25,26)11-13/h6-7,10,13H,2-5,8-9,11H2,1H3,(H,21,24)/t13-/m0/s1. The predicted molar refractivity (Wildman–Crippen MR) is 107 cm³/mol. The lowest BCUT2D eigenvalue weighted by Gasteiger charge is -2.17. The third-order valence-electron chi connectivity index (χ3n) is 5.39. The highest BCUT2D eigenvalue weighted by atomic mass is 35.5. The van der Waals surface area contributed by atoms with Crippen molar-refractivity contribution in [2.45, 2.75) is 38.1 Å². The van der Waals surface area contributed by atoms with Gasteiger partial charge in [0.15, 0.2) is 15.5 Å². The lowest BCUT2D eigenvalue weighted by Crippen LogP contribution is -2.17. The fourth-order valence-electron chi connectivity index (χ4n) is 4.04. The molecule has 0 bridgehead atoms. The molecule has 4 rings (SSSR count). The number of halogens is 1. The van der Waals surface area contributed by atoms with E-state index in [-0.39, 0.29) is 23.5 Å². The van der Waals surface area contributed by atoms with Crippen LogP contribution in [-0.2, 0) is 22.7 Å². The molecule has 0 spiro atoms. The predicted octanol–water partition coefficient (Wildman–Crippen LogP) is 3.04. The van der Waals surface area contributed by atoms with Crippen molar-refractivity contribution >= 4 is 33.0 Å². The van der Waals surface area contributed by atoms with Crippen LogP contribution in [0, 0.1) is 0 Å². The first kappa shape index (κ1) is 19.3. The Morgan fingerprint density at radius 2 is 2.11 bits per heavy atom. The summed E-state index contributed by atoms with van der Waals surface area (Å²) < 4.78 is 30.9. The van der Waals surface area contributed by atoms with Gasteiger partial charge in [0.05, 0.1) is 30.3 Å². The third-order valence-corrected chi connectivity index (χ3v) is 7.37. The Hall–Kier alpha value is -2.06. The van der Waals surface area contributed by atoms with Gasteiger partial charge in [-0.25, -0.2) is 8.42 Å². The molecule has 1 aromatic carbocycles. The molecule has 0 saturated carbocycles. The number of fused-ring (bicyclic) bond motifs is 1. The van der Waals surface area contributed by atoms with Crippen LogP contribution in [0.1, 0.15) is 47.1 Å². The van der Waals surface area contributed by atoms with Crippen molar-refractivity contribution in [3.8, 4) is 5.75 Å². The molecule has 2 heterocycles. The highest BCUT2D eigenvalue weighted by Crippen LogP contribution is 2.33. The molecule has 2 aromatic rings. The van der Waals surface area contributed by atoms with Crippen molar-refractivity contribution in [2.75, 3.05) is 23.9 Å². The zero-order valence-electron chi connectivity index (χ0n) is 15.6. The number of carbonyl (C=O) groups excluding carboxylic acids is 1. The number of benzene rings is 1. The van der Waals surface area contributed by atoms with Crippen LogP contribution in [0.4, 0.5) is 5.69 Å².